The molecule has 8 nitrogen and oxygen atoms in total. The zero-order valence-corrected chi connectivity index (χ0v) is 19.0. The van der Waals surface area contributed by atoms with Crippen LogP contribution in [0.3, 0.4) is 0 Å². The van der Waals surface area contributed by atoms with Crippen LogP contribution in [0.4, 0.5) is 11.8 Å². The molecule has 1 saturated heterocycles. The van der Waals surface area contributed by atoms with E-state index in [0.717, 1.165) is 65.7 Å². The molecular weight excluding hydrogens is 438 g/mol. The minimum Gasteiger partial charge on any atom is -0.485 e. The van der Waals surface area contributed by atoms with Gasteiger partial charge < -0.3 is 21.1 Å². The van der Waals surface area contributed by atoms with Crippen molar-refractivity contribution >= 4 is 29.0 Å². The Bertz CT molecular complexity index is 1380. The van der Waals surface area contributed by atoms with Crippen LogP contribution < -0.4 is 21.1 Å². The van der Waals surface area contributed by atoms with Crippen molar-refractivity contribution in [1.29, 1.82) is 0 Å². The summed E-state index contributed by atoms with van der Waals surface area (Å²) in [7, 11) is 0. The summed E-state index contributed by atoms with van der Waals surface area (Å²) < 4.78 is 8.42. The molecule has 1 spiro atoms. The normalized spacial score (nSPS) is 19.1. The minimum atomic E-state index is -0.370. The molecule has 4 aromatic rings. The predicted octanol–water partition coefficient (Wildman–Crippen LogP) is 3.77. The van der Waals surface area contributed by atoms with Crippen molar-refractivity contribution in [2.45, 2.75) is 31.4 Å². The molecule has 4 N–H and O–H groups in total. The Morgan fingerprint density at radius 3 is 2.70 bits per heavy atom. The van der Waals surface area contributed by atoms with Gasteiger partial charge in [0.15, 0.2) is 0 Å². The van der Waals surface area contributed by atoms with Crippen molar-refractivity contribution in [3.8, 4) is 16.9 Å². The molecule has 0 saturated carbocycles. The molecule has 3 aromatic heterocycles. The number of aromatic nitrogens is 4. The monoisotopic (exact) mass is 461 g/mol. The number of piperidine rings is 1. The number of hydrogen-bond acceptors (Lipinski definition) is 7. The van der Waals surface area contributed by atoms with E-state index >= 15 is 0 Å². The molecule has 0 radical (unpaired) electrons. The number of hydrogen-bond donors (Lipinski definition) is 2. The Balaban J connectivity index is 1.34. The predicted molar refractivity (Wildman–Crippen MR) is 129 cm³/mol. The average molecular weight is 462 g/mol. The number of aryl methyl sites for hydroxylation is 1. The van der Waals surface area contributed by atoms with Crippen molar-refractivity contribution < 1.29 is 4.74 Å². The Morgan fingerprint density at radius 2 is 1.91 bits per heavy atom. The van der Waals surface area contributed by atoms with Crippen molar-refractivity contribution in [3.63, 3.8) is 0 Å². The summed E-state index contributed by atoms with van der Waals surface area (Å²) in [5, 5.41) is 0.409. The van der Waals surface area contributed by atoms with E-state index in [0.29, 0.717) is 5.02 Å². The minimum absolute atomic E-state index is 0.125. The first-order valence-corrected chi connectivity index (χ1v) is 11.4. The van der Waals surface area contributed by atoms with Gasteiger partial charge in [-0.05, 0) is 19.1 Å². The van der Waals surface area contributed by atoms with E-state index in [1.54, 1.807) is 12.4 Å². The Labute approximate surface area is 196 Å². The van der Waals surface area contributed by atoms with Gasteiger partial charge in [-0.2, -0.15) is 0 Å². The number of benzene rings is 1. The second kappa shape index (κ2) is 7.33. The van der Waals surface area contributed by atoms with E-state index in [9.17, 15) is 0 Å². The highest BCUT2D eigenvalue weighted by Crippen LogP contribution is 2.47. The molecule has 0 aliphatic carbocycles. The first-order valence-electron chi connectivity index (χ1n) is 11.0. The number of halogens is 1. The van der Waals surface area contributed by atoms with Crippen molar-refractivity contribution in [3.05, 3.63) is 65.2 Å². The smallest absolute Gasteiger partial charge is 0.211 e. The van der Waals surface area contributed by atoms with Crippen molar-refractivity contribution in [2.24, 2.45) is 5.73 Å². The lowest BCUT2D eigenvalue weighted by atomic mass is 9.83. The lowest BCUT2D eigenvalue weighted by molar-refractivity contribution is 0.0429. The van der Waals surface area contributed by atoms with E-state index in [1.165, 1.54) is 0 Å². The molecule has 168 valence electrons. The second-order valence-electron chi connectivity index (χ2n) is 8.72. The maximum atomic E-state index is 6.65. The highest BCUT2D eigenvalue weighted by Gasteiger charge is 2.48. The highest BCUT2D eigenvalue weighted by atomic mass is 35.5. The average Bonchev–Trinajstić information content (AvgIpc) is 3.40. The topological polar surface area (TPSA) is 108 Å². The zero-order valence-electron chi connectivity index (χ0n) is 18.2. The van der Waals surface area contributed by atoms with Gasteiger partial charge in [0.1, 0.15) is 22.8 Å². The molecule has 2 aliphatic heterocycles. The van der Waals surface area contributed by atoms with Crippen LogP contribution in [-0.2, 0) is 0 Å². The SMILES string of the molecule is Cc1nc(N2CCC3(CC2)Oc2ccccc2[C@H]3N)n2ccnc2c1-c1ccnc(N)c1Cl. The Morgan fingerprint density at radius 1 is 1.12 bits per heavy atom. The molecule has 9 heteroatoms. The first kappa shape index (κ1) is 20.3. The molecule has 0 bridgehead atoms. The summed E-state index contributed by atoms with van der Waals surface area (Å²) in [6.45, 7) is 3.53. The van der Waals surface area contributed by atoms with Gasteiger partial charge in [0.05, 0.1) is 16.8 Å². The number of anilines is 2. The van der Waals surface area contributed by atoms with Gasteiger partial charge in [0.25, 0.3) is 0 Å². The van der Waals surface area contributed by atoms with Crippen LogP contribution in [0.5, 0.6) is 5.75 Å². The highest BCUT2D eigenvalue weighted by molar-refractivity contribution is 6.35. The first-order chi connectivity index (χ1) is 16.0. The quantitative estimate of drug-likeness (QED) is 0.467. The summed E-state index contributed by atoms with van der Waals surface area (Å²) in [6.07, 6.45) is 6.98. The van der Waals surface area contributed by atoms with Crippen molar-refractivity contribution in [1.82, 2.24) is 19.4 Å². The zero-order chi connectivity index (χ0) is 22.7. The maximum absolute atomic E-state index is 6.65. The summed E-state index contributed by atoms with van der Waals surface area (Å²) in [4.78, 5) is 16.0. The number of rotatable bonds is 2. The Kier molecular flexibility index (Phi) is 4.50. The third-order valence-electron chi connectivity index (χ3n) is 6.92. The number of nitrogens with two attached hydrogens (primary N) is 2. The number of ether oxygens (including phenoxy) is 1. The van der Waals surface area contributed by atoms with Gasteiger partial charge in [-0.25, -0.2) is 15.0 Å². The maximum Gasteiger partial charge on any atom is 0.211 e. The van der Waals surface area contributed by atoms with E-state index in [2.05, 4.69) is 20.9 Å². The second-order valence-corrected chi connectivity index (χ2v) is 9.10. The molecule has 1 aromatic carbocycles. The number of nitrogen functional groups attached to an aromatic ring is 1. The third-order valence-corrected chi connectivity index (χ3v) is 7.32. The largest absolute Gasteiger partial charge is 0.485 e. The van der Waals surface area contributed by atoms with Crippen LogP contribution in [0.1, 0.15) is 30.1 Å². The molecule has 33 heavy (non-hydrogen) atoms. The van der Waals surface area contributed by atoms with Crippen LogP contribution in [0, 0.1) is 6.92 Å². The van der Waals surface area contributed by atoms with Gasteiger partial charge in [-0.1, -0.05) is 29.8 Å². The third kappa shape index (κ3) is 2.98. The van der Waals surface area contributed by atoms with Crippen LogP contribution in [0.15, 0.2) is 48.9 Å². The lowest BCUT2D eigenvalue weighted by Gasteiger charge is -2.41. The number of imidazole rings is 1. The van der Waals surface area contributed by atoms with E-state index in [1.807, 2.05) is 41.8 Å². The molecule has 1 fully saturated rings. The number of fused-ring (bicyclic) bond motifs is 2. The van der Waals surface area contributed by atoms with Crippen LogP contribution in [-0.4, -0.2) is 38.0 Å². The number of pyridine rings is 1. The fourth-order valence-corrected chi connectivity index (χ4v) is 5.36. The summed E-state index contributed by atoms with van der Waals surface area (Å²) >= 11 is 6.49. The van der Waals surface area contributed by atoms with Gasteiger partial charge in [0, 0.05) is 61.2 Å². The molecule has 2 aliphatic rings. The van der Waals surface area contributed by atoms with E-state index < -0.39 is 0 Å². The van der Waals surface area contributed by atoms with Crippen LogP contribution in [0.2, 0.25) is 5.02 Å². The van der Waals surface area contributed by atoms with E-state index in [4.69, 9.17) is 32.8 Å². The number of para-hydroxylation sites is 1. The molecule has 1 atom stereocenters. The standard InChI is InChI=1S/C24H24ClN7O/c1-14-18(16-6-9-28-21(27)19(16)25)22-29-10-13-32(22)23(30-14)31-11-7-24(8-12-31)20(26)15-4-2-3-5-17(15)33-24/h2-6,9-10,13,20H,7-8,11-12,26H2,1H3,(H2,27,28)/t20-/m1/s1. The molecule has 5 heterocycles. The molecule has 0 unspecified atom stereocenters. The molecular formula is C24H24ClN7O. The van der Waals surface area contributed by atoms with Crippen molar-refractivity contribution in [2.75, 3.05) is 23.7 Å². The summed E-state index contributed by atoms with van der Waals surface area (Å²) in [5.74, 6) is 2.04. The van der Waals surface area contributed by atoms with Gasteiger partial charge >= 0.3 is 0 Å². The molecule has 0 amide bonds. The van der Waals surface area contributed by atoms with Gasteiger partial charge in [-0.15, -0.1) is 0 Å². The molecule has 6 rings (SSSR count). The van der Waals surface area contributed by atoms with Gasteiger partial charge in [0.2, 0.25) is 5.95 Å². The summed E-state index contributed by atoms with van der Waals surface area (Å²) in [5.41, 5.74) is 16.6. The van der Waals surface area contributed by atoms with Crippen LogP contribution >= 0.6 is 11.6 Å². The van der Waals surface area contributed by atoms with Crippen LogP contribution in [0.25, 0.3) is 16.8 Å². The van der Waals surface area contributed by atoms with E-state index in [-0.39, 0.29) is 17.5 Å². The lowest BCUT2D eigenvalue weighted by Crippen LogP contribution is -2.52. The Hall–Kier alpha value is -3.36. The fraction of sp³-hybridized carbons (Fsp3) is 0.292. The number of nitrogens with zero attached hydrogens (tertiary/aromatic N) is 5. The summed E-state index contributed by atoms with van der Waals surface area (Å²) in [6, 6.07) is 9.80. The van der Waals surface area contributed by atoms with Gasteiger partial charge in [-0.3, -0.25) is 4.40 Å². The fourth-order valence-electron chi connectivity index (χ4n) is 5.16.